The Balaban J connectivity index is 2.66. The van der Waals surface area contributed by atoms with E-state index in [1.165, 1.54) is 7.11 Å². The molecule has 0 spiro atoms. The average Bonchev–Trinajstić information content (AvgIpc) is 2.38. The lowest BCUT2D eigenvalue weighted by molar-refractivity contribution is -0.141. The topological polar surface area (TPSA) is 55.4 Å². The first-order valence-corrected chi connectivity index (χ1v) is 6.45. The molecular formula is C15H21NO3. The highest BCUT2D eigenvalue weighted by Crippen LogP contribution is 2.10. The van der Waals surface area contributed by atoms with Crippen molar-refractivity contribution in [3.05, 3.63) is 35.9 Å². The third-order valence-corrected chi connectivity index (χ3v) is 2.77. The second-order valence-corrected chi connectivity index (χ2v) is 4.95. The molecule has 0 aliphatic rings. The van der Waals surface area contributed by atoms with Crippen LogP contribution in [-0.4, -0.2) is 25.0 Å². The van der Waals surface area contributed by atoms with E-state index in [1.54, 1.807) is 12.1 Å². The molecule has 0 heterocycles. The summed E-state index contributed by atoms with van der Waals surface area (Å²) >= 11 is 0. The van der Waals surface area contributed by atoms with Crippen molar-refractivity contribution in [1.29, 1.82) is 0 Å². The van der Waals surface area contributed by atoms with Gasteiger partial charge in [-0.25, -0.2) is 0 Å². The maximum Gasteiger partial charge on any atom is 0.307 e. The number of carbonyl (C=O) groups excluding carboxylic acids is 2. The van der Waals surface area contributed by atoms with Crippen molar-refractivity contribution in [2.75, 3.05) is 7.11 Å². The maximum atomic E-state index is 12.0. The first kappa shape index (κ1) is 15.2. The van der Waals surface area contributed by atoms with Crippen molar-refractivity contribution in [3.8, 4) is 0 Å². The van der Waals surface area contributed by atoms with Gasteiger partial charge in [0.25, 0.3) is 5.91 Å². The number of amides is 1. The third-order valence-electron chi connectivity index (χ3n) is 2.77. The van der Waals surface area contributed by atoms with E-state index in [9.17, 15) is 9.59 Å². The Morgan fingerprint density at radius 2 is 1.84 bits per heavy atom. The predicted octanol–water partition coefficient (Wildman–Crippen LogP) is 2.39. The maximum absolute atomic E-state index is 12.0. The van der Waals surface area contributed by atoms with Crippen LogP contribution in [-0.2, 0) is 9.53 Å². The van der Waals surface area contributed by atoms with Gasteiger partial charge in [0.05, 0.1) is 13.5 Å². The normalized spacial score (nSPS) is 12.0. The molecule has 0 saturated heterocycles. The van der Waals surface area contributed by atoms with Crippen molar-refractivity contribution in [2.24, 2.45) is 5.92 Å². The molecule has 1 N–H and O–H groups in total. The number of methoxy groups -OCH3 is 1. The quantitative estimate of drug-likeness (QED) is 0.802. The van der Waals surface area contributed by atoms with Gasteiger partial charge in [0.1, 0.15) is 0 Å². The van der Waals surface area contributed by atoms with Crippen LogP contribution in [0.5, 0.6) is 0 Å². The van der Waals surface area contributed by atoms with Crippen LogP contribution in [0.2, 0.25) is 0 Å². The van der Waals surface area contributed by atoms with Gasteiger partial charge in [0.2, 0.25) is 0 Å². The summed E-state index contributed by atoms with van der Waals surface area (Å²) in [5, 5.41) is 2.89. The summed E-state index contributed by atoms with van der Waals surface area (Å²) in [4.78, 5) is 23.4. The monoisotopic (exact) mass is 263 g/mol. The minimum absolute atomic E-state index is 0.157. The molecule has 1 aromatic carbocycles. The molecule has 1 amide bonds. The Labute approximate surface area is 114 Å². The van der Waals surface area contributed by atoms with Crippen LogP contribution in [0, 0.1) is 5.92 Å². The summed E-state index contributed by atoms with van der Waals surface area (Å²) in [5.41, 5.74) is 0.598. The molecule has 1 rings (SSSR count). The van der Waals surface area contributed by atoms with Gasteiger partial charge in [-0.1, -0.05) is 32.0 Å². The van der Waals surface area contributed by atoms with Crippen molar-refractivity contribution < 1.29 is 14.3 Å². The molecule has 0 aliphatic carbocycles. The van der Waals surface area contributed by atoms with E-state index >= 15 is 0 Å². The van der Waals surface area contributed by atoms with Gasteiger partial charge in [0.15, 0.2) is 0 Å². The number of hydrogen-bond donors (Lipinski definition) is 1. The number of hydrogen-bond acceptors (Lipinski definition) is 3. The van der Waals surface area contributed by atoms with E-state index in [0.29, 0.717) is 11.5 Å². The lowest BCUT2D eigenvalue weighted by atomic mass is 10.0. The van der Waals surface area contributed by atoms with Crippen molar-refractivity contribution in [1.82, 2.24) is 5.32 Å². The molecule has 1 unspecified atom stereocenters. The highest BCUT2D eigenvalue weighted by Gasteiger charge is 2.18. The van der Waals surface area contributed by atoms with Gasteiger partial charge in [-0.15, -0.1) is 0 Å². The Bertz CT molecular complexity index is 415. The minimum atomic E-state index is -0.306. The van der Waals surface area contributed by atoms with E-state index in [-0.39, 0.29) is 24.3 Å². The molecule has 19 heavy (non-hydrogen) atoms. The third kappa shape index (κ3) is 5.55. The number of rotatable bonds is 6. The van der Waals surface area contributed by atoms with Gasteiger partial charge in [-0.2, -0.15) is 0 Å². The van der Waals surface area contributed by atoms with Crippen LogP contribution < -0.4 is 5.32 Å². The second kappa shape index (κ2) is 7.56. The second-order valence-electron chi connectivity index (χ2n) is 4.95. The van der Waals surface area contributed by atoms with Crippen LogP contribution in [0.1, 0.15) is 37.0 Å². The predicted molar refractivity (Wildman–Crippen MR) is 73.8 cm³/mol. The average molecular weight is 263 g/mol. The Kier molecular flexibility index (Phi) is 6.06. The minimum Gasteiger partial charge on any atom is -0.469 e. The van der Waals surface area contributed by atoms with E-state index < -0.39 is 0 Å². The molecule has 104 valence electrons. The SMILES string of the molecule is COC(=O)CC(CC(C)C)NC(=O)c1ccccc1. The Morgan fingerprint density at radius 1 is 1.21 bits per heavy atom. The summed E-state index contributed by atoms with van der Waals surface area (Å²) in [7, 11) is 1.35. The van der Waals surface area contributed by atoms with Crippen LogP contribution in [0.15, 0.2) is 30.3 Å². The van der Waals surface area contributed by atoms with Crippen molar-refractivity contribution in [2.45, 2.75) is 32.7 Å². The first-order chi connectivity index (χ1) is 9.02. The lowest BCUT2D eigenvalue weighted by Crippen LogP contribution is -2.37. The standard InChI is InChI=1S/C15H21NO3/c1-11(2)9-13(10-14(17)19-3)16-15(18)12-7-5-4-6-8-12/h4-8,11,13H,9-10H2,1-3H3,(H,16,18). The molecule has 0 bridgehead atoms. The number of ether oxygens (including phenoxy) is 1. The van der Waals surface area contributed by atoms with E-state index in [1.807, 2.05) is 18.2 Å². The highest BCUT2D eigenvalue weighted by atomic mass is 16.5. The van der Waals surface area contributed by atoms with E-state index in [4.69, 9.17) is 0 Å². The molecule has 4 heteroatoms. The summed E-state index contributed by atoms with van der Waals surface area (Å²) in [5.74, 6) is -0.0695. The van der Waals surface area contributed by atoms with Crippen LogP contribution in [0.4, 0.5) is 0 Å². The molecule has 1 atom stereocenters. The van der Waals surface area contributed by atoms with Crippen molar-refractivity contribution in [3.63, 3.8) is 0 Å². The smallest absolute Gasteiger partial charge is 0.307 e. The fourth-order valence-corrected chi connectivity index (χ4v) is 1.91. The van der Waals surface area contributed by atoms with Gasteiger partial charge >= 0.3 is 5.97 Å². The fourth-order valence-electron chi connectivity index (χ4n) is 1.91. The molecule has 1 aromatic rings. The Morgan fingerprint density at radius 3 is 2.37 bits per heavy atom. The van der Waals surface area contributed by atoms with E-state index in [0.717, 1.165) is 6.42 Å². The molecular weight excluding hydrogens is 242 g/mol. The zero-order valence-corrected chi connectivity index (χ0v) is 11.7. The largest absolute Gasteiger partial charge is 0.469 e. The molecule has 4 nitrogen and oxygen atoms in total. The zero-order valence-electron chi connectivity index (χ0n) is 11.7. The number of carbonyl (C=O) groups is 2. The van der Waals surface area contributed by atoms with Crippen LogP contribution in [0.25, 0.3) is 0 Å². The van der Waals surface area contributed by atoms with Crippen LogP contribution >= 0.6 is 0 Å². The van der Waals surface area contributed by atoms with Gasteiger partial charge in [0, 0.05) is 11.6 Å². The van der Waals surface area contributed by atoms with E-state index in [2.05, 4.69) is 23.9 Å². The lowest BCUT2D eigenvalue weighted by Gasteiger charge is -2.19. The number of esters is 1. The molecule has 0 aromatic heterocycles. The zero-order chi connectivity index (χ0) is 14.3. The number of benzene rings is 1. The summed E-state index contributed by atoms with van der Waals surface area (Å²) in [6.45, 7) is 4.11. The summed E-state index contributed by atoms with van der Waals surface area (Å²) < 4.78 is 4.66. The summed E-state index contributed by atoms with van der Waals surface area (Å²) in [6.07, 6.45) is 0.945. The highest BCUT2D eigenvalue weighted by molar-refractivity contribution is 5.94. The molecule has 0 aliphatic heterocycles. The molecule has 0 radical (unpaired) electrons. The fraction of sp³-hybridized carbons (Fsp3) is 0.467. The van der Waals surface area contributed by atoms with Crippen molar-refractivity contribution >= 4 is 11.9 Å². The van der Waals surface area contributed by atoms with Gasteiger partial charge < -0.3 is 10.1 Å². The first-order valence-electron chi connectivity index (χ1n) is 6.45. The van der Waals surface area contributed by atoms with Gasteiger partial charge in [-0.3, -0.25) is 9.59 Å². The van der Waals surface area contributed by atoms with Crippen LogP contribution in [0.3, 0.4) is 0 Å². The summed E-state index contributed by atoms with van der Waals surface area (Å²) in [6, 6.07) is 8.79. The Hall–Kier alpha value is -1.84. The van der Waals surface area contributed by atoms with Gasteiger partial charge in [-0.05, 0) is 24.5 Å². The molecule has 0 saturated carbocycles. The molecule has 0 fully saturated rings. The number of nitrogens with one attached hydrogen (secondary N) is 1.